The van der Waals surface area contributed by atoms with Crippen LogP contribution in [0.15, 0.2) is 27.2 Å². The Balaban J connectivity index is 0.00000288. The second kappa shape index (κ2) is 10.3. The fraction of sp³-hybridized carbons (Fsp3) is 0.500. The van der Waals surface area contributed by atoms with Gasteiger partial charge in [-0.25, -0.2) is 9.98 Å². The number of hydrogen-bond donors (Lipinski definition) is 3. The van der Waals surface area contributed by atoms with Crippen molar-refractivity contribution in [3.63, 3.8) is 0 Å². The number of thiazole rings is 1. The molecule has 0 spiro atoms. The number of hydrogen-bond acceptors (Lipinski definition) is 5. The Morgan fingerprint density at radius 3 is 2.75 bits per heavy atom. The molecule has 3 N–H and O–H groups in total. The predicted octanol–water partition coefficient (Wildman–Crippen LogP) is 3.14. The lowest BCUT2D eigenvalue weighted by Crippen LogP contribution is -2.39. The van der Waals surface area contributed by atoms with Gasteiger partial charge >= 0.3 is 0 Å². The van der Waals surface area contributed by atoms with Crippen LogP contribution in [0.25, 0.3) is 0 Å². The molecule has 2 heterocycles. The van der Waals surface area contributed by atoms with Gasteiger partial charge in [-0.1, -0.05) is 0 Å². The SMILES string of the molecule is CCNC(=NCC(C)(O)c1ccsc1)NCCc1csc(C)n1.I. The molecule has 0 aliphatic rings. The van der Waals surface area contributed by atoms with Crippen LogP contribution in [0.1, 0.15) is 30.1 Å². The third kappa shape index (κ3) is 6.66. The lowest BCUT2D eigenvalue weighted by atomic mass is 10.00. The van der Waals surface area contributed by atoms with Gasteiger partial charge in [-0.2, -0.15) is 11.3 Å². The molecule has 0 fully saturated rings. The van der Waals surface area contributed by atoms with Crippen LogP contribution in [-0.4, -0.2) is 35.7 Å². The predicted molar refractivity (Wildman–Crippen MR) is 114 cm³/mol. The first kappa shape index (κ1) is 21.3. The normalized spacial score (nSPS) is 13.9. The first-order valence-electron chi connectivity index (χ1n) is 7.69. The topological polar surface area (TPSA) is 69.5 Å². The van der Waals surface area contributed by atoms with E-state index in [2.05, 4.69) is 26.0 Å². The first-order chi connectivity index (χ1) is 11.0. The van der Waals surface area contributed by atoms with Gasteiger partial charge in [0.2, 0.25) is 0 Å². The minimum absolute atomic E-state index is 0. The number of halogens is 1. The highest BCUT2D eigenvalue weighted by atomic mass is 127. The van der Waals surface area contributed by atoms with Gasteiger partial charge in [0.15, 0.2) is 5.96 Å². The number of thiophene rings is 1. The molecule has 0 saturated heterocycles. The highest BCUT2D eigenvalue weighted by molar-refractivity contribution is 14.0. The Morgan fingerprint density at radius 2 is 2.17 bits per heavy atom. The number of guanidine groups is 1. The van der Waals surface area contributed by atoms with E-state index >= 15 is 0 Å². The molecule has 134 valence electrons. The molecule has 0 saturated carbocycles. The molecule has 2 aromatic rings. The Hall–Kier alpha value is -0.710. The fourth-order valence-electron chi connectivity index (χ4n) is 2.07. The standard InChI is InChI=1S/C16H24N4OS2.HI/c1-4-17-15(18-7-5-14-10-23-12(2)20-14)19-11-16(3,21)13-6-8-22-9-13;/h6,8-10,21H,4-5,7,11H2,1-3H3,(H2,17,18,19);1H. The van der Waals surface area contributed by atoms with Crippen molar-refractivity contribution in [2.75, 3.05) is 19.6 Å². The summed E-state index contributed by atoms with van der Waals surface area (Å²) < 4.78 is 0. The lowest BCUT2D eigenvalue weighted by Gasteiger charge is -2.21. The molecule has 1 atom stereocenters. The van der Waals surface area contributed by atoms with E-state index in [0.29, 0.717) is 6.54 Å². The Kier molecular flexibility index (Phi) is 9.17. The van der Waals surface area contributed by atoms with Crippen LogP contribution >= 0.6 is 46.7 Å². The molecule has 0 aliphatic heterocycles. The molecule has 0 amide bonds. The quantitative estimate of drug-likeness (QED) is 0.324. The summed E-state index contributed by atoms with van der Waals surface area (Å²) in [7, 11) is 0. The summed E-state index contributed by atoms with van der Waals surface area (Å²) in [6.07, 6.45) is 0.857. The van der Waals surface area contributed by atoms with Gasteiger partial charge < -0.3 is 15.7 Å². The number of aliphatic imine (C=N–C) groups is 1. The Morgan fingerprint density at radius 1 is 1.38 bits per heavy atom. The van der Waals surface area contributed by atoms with E-state index in [0.717, 1.165) is 41.7 Å². The van der Waals surface area contributed by atoms with Crippen molar-refractivity contribution in [2.24, 2.45) is 4.99 Å². The second-order valence-electron chi connectivity index (χ2n) is 5.52. The molecule has 24 heavy (non-hydrogen) atoms. The zero-order valence-electron chi connectivity index (χ0n) is 14.2. The first-order valence-corrected chi connectivity index (χ1v) is 9.52. The monoisotopic (exact) mass is 480 g/mol. The average Bonchev–Trinajstić information content (AvgIpc) is 3.17. The van der Waals surface area contributed by atoms with Gasteiger partial charge in [0.25, 0.3) is 0 Å². The highest BCUT2D eigenvalue weighted by Crippen LogP contribution is 2.23. The summed E-state index contributed by atoms with van der Waals surface area (Å²) >= 11 is 3.25. The Bertz CT molecular complexity index is 626. The van der Waals surface area contributed by atoms with E-state index in [1.807, 2.05) is 30.7 Å². The van der Waals surface area contributed by atoms with Crippen molar-refractivity contribution in [3.05, 3.63) is 38.5 Å². The summed E-state index contributed by atoms with van der Waals surface area (Å²) in [5.41, 5.74) is 1.05. The van der Waals surface area contributed by atoms with Crippen LogP contribution in [0.5, 0.6) is 0 Å². The molecule has 2 rings (SSSR count). The van der Waals surface area contributed by atoms with Crippen molar-refractivity contribution >= 4 is 52.6 Å². The molecule has 0 aliphatic carbocycles. The van der Waals surface area contributed by atoms with Crippen molar-refractivity contribution < 1.29 is 5.11 Å². The second-order valence-corrected chi connectivity index (χ2v) is 7.36. The Labute approximate surface area is 168 Å². The van der Waals surface area contributed by atoms with Gasteiger partial charge in [-0.05, 0) is 43.2 Å². The van der Waals surface area contributed by atoms with Gasteiger partial charge in [0.05, 0.1) is 17.2 Å². The minimum Gasteiger partial charge on any atom is -0.383 e. The van der Waals surface area contributed by atoms with E-state index in [-0.39, 0.29) is 24.0 Å². The molecular weight excluding hydrogens is 455 g/mol. The molecular formula is C16H25IN4OS2. The van der Waals surface area contributed by atoms with Gasteiger partial charge in [-0.15, -0.1) is 35.3 Å². The third-order valence-electron chi connectivity index (χ3n) is 3.37. The van der Waals surface area contributed by atoms with Crippen LogP contribution in [0.4, 0.5) is 0 Å². The van der Waals surface area contributed by atoms with E-state index in [1.165, 1.54) is 0 Å². The average molecular weight is 480 g/mol. The maximum atomic E-state index is 10.5. The third-order valence-corrected chi connectivity index (χ3v) is 4.88. The number of rotatable bonds is 7. The molecule has 8 heteroatoms. The van der Waals surface area contributed by atoms with Crippen LogP contribution in [0, 0.1) is 6.92 Å². The fourth-order valence-corrected chi connectivity index (χ4v) is 3.50. The maximum Gasteiger partial charge on any atom is 0.191 e. The largest absolute Gasteiger partial charge is 0.383 e. The van der Waals surface area contributed by atoms with Crippen LogP contribution in [0.2, 0.25) is 0 Å². The molecule has 5 nitrogen and oxygen atoms in total. The van der Waals surface area contributed by atoms with E-state index in [9.17, 15) is 5.11 Å². The molecule has 1 unspecified atom stereocenters. The molecule has 0 bridgehead atoms. The lowest BCUT2D eigenvalue weighted by molar-refractivity contribution is 0.0677. The number of aromatic nitrogens is 1. The minimum atomic E-state index is -0.950. The number of nitrogens with zero attached hydrogens (tertiary/aromatic N) is 2. The summed E-state index contributed by atoms with van der Waals surface area (Å²) in [4.78, 5) is 8.96. The van der Waals surface area contributed by atoms with Gasteiger partial charge in [0, 0.05) is 24.9 Å². The number of aryl methyl sites for hydroxylation is 1. The van der Waals surface area contributed by atoms with Crippen molar-refractivity contribution in [1.29, 1.82) is 0 Å². The highest BCUT2D eigenvalue weighted by Gasteiger charge is 2.23. The summed E-state index contributed by atoms with van der Waals surface area (Å²) in [6.45, 7) is 7.69. The van der Waals surface area contributed by atoms with Crippen LogP contribution in [-0.2, 0) is 12.0 Å². The molecule has 0 aromatic carbocycles. The zero-order chi connectivity index (χ0) is 16.7. The maximum absolute atomic E-state index is 10.5. The van der Waals surface area contributed by atoms with Crippen molar-refractivity contribution in [3.8, 4) is 0 Å². The number of nitrogens with one attached hydrogen (secondary N) is 2. The summed E-state index contributed by atoms with van der Waals surface area (Å²) in [5.74, 6) is 0.718. The smallest absolute Gasteiger partial charge is 0.191 e. The van der Waals surface area contributed by atoms with Gasteiger partial charge in [0.1, 0.15) is 5.60 Å². The van der Waals surface area contributed by atoms with Crippen LogP contribution in [0.3, 0.4) is 0 Å². The van der Waals surface area contributed by atoms with Crippen molar-refractivity contribution in [2.45, 2.75) is 32.8 Å². The summed E-state index contributed by atoms with van der Waals surface area (Å²) in [5, 5.41) is 24.1. The van der Waals surface area contributed by atoms with E-state index < -0.39 is 5.60 Å². The van der Waals surface area contributed by atoms with Gasteiger partial charge in [-0.3, -0.25) is 0 Å². The summed E-state index contributed by atoms with van der Waals surface area (Å²) in [6, 6.07) is 1.94. The van der Waals surface area contributed by atoms with Crippen LogP contribution < -0.4 is 10.6 Å². The van der Waals surface area contributed by atoms with E-state index in [1.54, 1.807) is 29.6 Å². The molecule has 0 radical (unpaired) electrons. The van der Waals surface area contributed by atoms with Crippen molar-refractivity contribution in [1.82, 2.24) is 15.6 Å². The molecule has 2 aromatic heterocycles. The number of aliphatic hydroxyl groups is 1. The zero-order valence-corrected chi connectivity index (χ0v) is 18.2. The van der Waals surface area contributed by atoms with E-state index in [4.69, 9.17) is 0 Å².